The van der Waals surface area contributed by atoms with Crippen molar-refractivity contribution in [1.29, 1.82) is 0 Å². The Kier molecular flexibility index (Phi) is 1.18. The number of nitrogen functional groups attached to an aromatic ring is 1. The highest BCUT2D eigenvalue weighted by molar-refractivity contribution is 5.86. The van der Waals surface area contributed by atoms with Crippen molar-refractivity contribution in [2.45, 2.75) is 0 Å². The molecule has 0 bridgehead atoms. The van der Waals surface area contributed by atoms with Gasteiger partial charge in [0.2, 0.25) is 0 Å². The largest absolute Gasteiger partial charge is 0.383 e. The highest BCUT2D eigenvalue weighted by Crippen LogP contribution is 2.12. The van der Waals surface area contributed by atoms with Gasteiger partial charge in [-0.25, -0.2) is 9.97 Å². The summed E-state index contributed by atoms with van der Waals surface area (Å²) in [4.78, 5) is 11.8. The summed E-state index contributed by atoms with van der Waals surface area (Å²) in [5, 5.41) is 0.801. The molecule has 2 aromatic heterocycles. The maximum absolute atomic E-state index is 5.57. The fourth-order valence-electron chi connectivity index (χ4n) is 0.920. The van der Waals surface area contributed by atoms with Crippen molar-refractivity contribution in [3.05, 3.63) is 24.8 Å². The maximum atomic E-state index is 5.57. The summed E-state index contributed by atoms with van der Waals surface area (Å²) in [5.41, 5.74) is 6.39. The molecule has 2 aromatic rings. The van der Waals surface area contributed by atoms with Gasteiger partial charge in [0.25, 0.3) is 0 Å². The fourth-order valence-corrected chi connectivity index (χ4v) is 0.920. The zero-order chi connectivity index (χ0) is 7.68. The van der Waals surface area contributed by atoms with E-state index in [0.717, 1.165) is 10.9 Å². The predicted octanol–water partition coefficient (Wildman–Crippen LogP) is 0.607. The van der Waals surface area contributed by atoms with Gasteiger partial charge in [-0.15, -0.1) is 0 Å². The summed E-state index contributed by atoms with van der Waals surface area (Å²) in [6.07, 6.45) is 4.77. The molecule has 54 valence electrons. The molecule has 0 saturated heterocycles. The lowest BCUT2D eigenvalue weighted by molar-refractivity contribution is 1.21. The van der Waals surface area contributed by atoms with Gasteiger partial charge in [0.15, 0.2) is 0 Å². The van der Waals surface area contributed by atoms with Crippen LogP contribution < -0.4 is 5.73 Å². The lowest BCUT2D eigenvalue weighted by Gasteiger charge is -1.96. The molecule has 0 aliphatic rings. The van der Waals surface area contributed by atoms with Crippen LogP contribution in [-0.4, -0.2) is 15.0 Å². The van der Waals surface area contributed by atoms with E-state index in [1.54, 1.807) is 18.5 Å². The normalized spacial score (nSPS) is 10.2. The minimum Gasteiger partial charge on any atom is -0.383 e. The van der Waals surface area contributed by atoms with Crippen molar-refractivity contribution in [2.75, 3.05) is 5.73 Å². The first-order valence-electron chi connectivity index (χ1n) is 3.18. The van der Waals surface area contributed by atoms with Crippen LogP contribution in [0.3, 0.4) is 0 Å². The first-order chi connectivity index (χ1) is 5.38. The van der Waals surface area contributed by atoms with Crippen LogP contribution in [0.4, 0.5) is 5.82 Å². The van der Waals surface area contributed by atoms with Gasteiger partial charge in [0, 0.05) is 12.4 Å². The molecule has 2 N–H and O–H groups in total. The SMILES string of the molecule is Nc1ncnc2ccncc12. The van der Waals surface area contributed by atoms with E-state index in [9.17, 15) is 0 Å². The topological polar surface area (TPSA) is 64.7 Å². The fraction of sp³-hybridized carbons (Fsp3) is 0. The summed E-state index contributed by atoms with van der Waals surface area (Å²) in [5.74, 6) is 0.475. The number of rotatable bonds is 0. The van der Waals surface area contributed by atoms with Gasteiger partial charge in [-0.05, 0) is 6.07 Å². The van der Waals surface area contributed by atoms with Crippen LogP contribution in [0.15, 0.2) is 24.8 Å². The molecule has 0 unspecified atom stereocenters. The Bertz CT molecular complexity index is 380. The third-order valence-electron chi connectivity index (χ3n) is 1.47. The van der Waals surface area contributed by atoms with Crippen molar-refractivity contribution in [3.8, 4) is 0 Å². The Morgan fingerprint density at radius 1 is 1.27 bits per heavy atom. The highest BCUT2D eigenvalue weighted by atomic mass is 14.9. The molecule has 0 atom stereocenters. The zero-order valence-electron chi connectivity index (χ0n) is 5.73. The average Bonchev–Trinajstić information content (AvgIpc) is 2.06. The summed E-state index contributed by atoms with van der Waals surface area (Å²) < 4.78 is 0. The Morgan fingerprint density at radius 2 is 2.18 bits per heavy atom. The maximum Gasteiger partial charge on any atom is 0.136 e. The van der Waals surface area contributed by atoms with E-state index in [-0.39, 0.29) is 0 Å². The number of aromatic nitrogens is 3. The number of anilines is 1. The van der Waals surface area contributed by atoms with Crippen molar-refractivity contribution in [3.63, 3.8) is 0 Å². The number of hydrogen-bond acceptors (Lipinski definition) is 4. The molecule has 0 fully saturated rings. The average molecular weight is 146 g/mol. The monoisotopic (exact) mass is 146 g/mol. The lowest BCUT2D eigenvalue weighted by Crippen LogP contribution is -1.92. The number of hydrogen-bond donors (Lipinski definition) is 1. The van der Waals surface area contributed by atoms with Gasteiger partial charge in [0.05, 0.1) is 10.9 Å². The van der Waals surface area contributed by atoms with E-state index < -0.39 is 0 Å². The van der Waals surface area contributed by atoms with E-state index in [2.05, 4.69) is 15.0 Å². The molecule has 2 rings (SSSR count). The van der Waals surface area contributed by atoms with Crippen LogP contribution in [0.1, 0.15) is 0 Å². The van der Waals surface area contributed by atoms with Gasteiger partial charge in [-0.2, -0.15) is 0 Å². The Balaban J connectivity index is 2.91. The number of fused-ring (bicyclic) bond motifs is 1. The van der Waals surface area contributed by atoms with Crippen LogP contribution in [0.2, 0.25) is 0 Å². The molecular formula is C7H6N4. The smallest absolute Gasteiger partial charge is 0.136 e. The van der Waals surface area contributed by atoms with Crippen molar-refractivity contribution >= 4 is 16.7 Å². The quantitative estimate of drug-likeness (QED) is 0.591. The first kappa shape index (κ1) is 6.03. The first-order valence-corrected chi connectivity index (χ1v) is 3.18. The molecule has 2 heterocycles. The Labute approximate surface area is 63.1 Å². The van der Waals surface area contributed by atoms with Crippen molar-refractivity contribution in [2.24, 2.45) is 0 Å². The molecule has 0 aliphatic heterocycles. The Morgan fingerprint density at radius 3 is 3.00 bits per heavy atom. The van der Waals surface area contributed by atoms with Crippen molar-refractivity contribution < 1.29 is 0 Å². The predicted molar refractivity (Wildman–Crippen MR) is 41.7 cm³/mol. The summed E-state index contributed by atoms with van der Waals surface area (Å²) in [7, 11) is 0. The molecule has 0 aromatic carbocycles. The number of nitrogens with zero attached hydrogens (tertiary/aromatic N) is 3. The van der Waals surface area contributed by atoms with Gasteiger partial charge in [-0.1, -0.05) is 0 Å². The summed E-state index contributed by atoms with van der Waals surface area (Å²) in [6, 6.07) is 1.80. The van der Waals surface area contributed by atoms with E-state index >= 15 is 0 Å². The molecule has 0 saturated carbocycles. The van der Waals surface area contributed by atoms with Crippen molar-refractivity contribution in [1.82, 2.24) is 15.0 Å². The van der Waals surface area contributed by atoms with Crippen LogP contribution in [0.25, 0.3) is 10.9 Å². The van der Waals surface area contributed by atoms with Crippen LogP contribution in [-0.2, 0) is 0 Å². The molecule has 0 spiro atoms. The number of nitrogens with two attached hydrogens (primary N) is 1. The second-order valence-electron chi connectivity index (χ2n) is 2.15. The van der Waals surface area contributed by atoms with Gasteiger partial charge in [0.1, 0.15) is 12.1 Å². The highest BCUT2D eigenvalue weighted by Gasteiger charge is 1.96. The molecule has 4 nitrogen and oxygen atoms in total. The van der Waals surface area contributed by atoms with Gasteiger partial charge < -0.3 is 5.73 Å². The third-order valence-corrected chi connectivity index (χ3v) is 1.47. The van der Waals surface area contributed by atoms with Gasteiger partial charge in [-0.3, -0.25) is 4.98 Å². The van der Waals surface area contributed by atoms with E-state index in [1.165, 1.54) is 6.33 Å². The van der Waals surface area contributed by atoms with E-state index in [4.69, 9.17) is 5.73 Å². The van der Waals surface area contributed by atoms with Crippen LogP contribution >= 0.6 is 0 Å². The molecule has 4 heteroatoms. The standard InChI is InChI=1S/C7H6N4/c8-7-5-3-9-2-1-6(5)10-4-11-7/h1-4H,(H2,8,10,11). The second-order valence-corrected chi connectivity index (χ2v) is 2.15. The van der Waals surface area contributed by atoms with Gasteiger partial charge >= 0.3 is 0 Å². The molecule has 0 amide bonds. The number of pyridine rings is 1. The second kappa shape index (κ2) is 2.16. The zero-order valence-corrected chi connectivity index (χ0v) is 5.73. The summed E-state index contributed by atoms with van der Waals surface area (Å²) in [6.45, 7) is 0. The van der Waals surface area contributed by atoms with E-state index in [0.29, 0.717) is 5.82 Å². The lowest BCUT2D eigenvalue weighted by atomic mass is 10.3. The molecule has 0 aliphatic carbocycles. The molecular weight excluding hydrogens is 140 g/mol. The third kappa shape index (κ3) is 0.881. The minimum atomic E-state index is 0.475. The molecule has 11 heavy (non-hydrogen) atoms. The summed E-state index contributed by atoms with van der Waals surface area (Å²) >= 11 is 0. The van der Waals surface area contributed by atoms with Crippen LogP contribution in [0, 0.1) is 0 Å². The minimum absolute atomic E-state index is 0.475. The van der Waals surface area contributed by atoms with E-state index in [1.807, 2.05) is 0 Å². The van der Waals surface area contributed by atoms with Crippen LogP contribution in [0.5, 0.6) is 0 Å². The molecule has 0 radical (unpaired) electrons. The Hall–Kier alpha value is -1.71.